The Morgan fingerprint density at radius 2 is 2.14 bits per heavy atom. The number of aromatic nitrogens is 2. The van der Waals surface area contributed by atoms with Crippen molar-refractivity contribution in [1.29, 1.82) is 0 Å². The molecule has 114 valence electrons. The lowest BCUT2D eigenvalue weighted by atomic mass is 10.0. The summed E-state index contributed by atoms with van der Waals surface area (Å²) in [5, 5.41) is 7.86. The minimum atomic E-state index is -0.225. The van der Waals surface area contributed by atoms with Crippen LogP contribution < -0.4 is 5.32 Å². The van der Waals surface area contributed by atoms with E-state index in [9.17, 15) is 4.39 Å². The Kier molecular flexibility index (Phi) is 5.94. The van der Waals surface area contributed by atoms with Gasteiger partial charge in [-0.25, -0.2) is 4.39 Å². The zero-order valence-electron chi connectivity index (χ0n) is 12.4. The van der Waals surface area contributed by atoms with Crippen LogP contribution in [0.3, 0.4) is 0 Å². The number of nitrogens with zero attached hydrogens (tertiary/aromatic N) is 2. The van der Waals surface area contributed by atoms with E-state index in [1.54, 1.807) is 12.1 Å². The summed E-state index contributed by atoms with van der Waals surface area (Å²) in [6.07, 6.45) is 5.96. The zero-order valence-corrected chi connectivity index (χ0v) is 14.0. The highest BCUT2D eigenvalue weighted by molar-refractivity contribution is 9.10. The molecule has 0 fully saturated rings. The van der Waals surface area contributed by atoms with Crippen LogP contribution in [0.4, 0.5) is 4.39 Å². The Balaban J connectivity index is 2.34. The Morgan fingerprint density at radius 3 is 2.86 bits per heavy atom. The number of hydrogen-bond donors (Lipinski definition) is 1. The van der Waals surface area contributed by atoms with Crippen LogP contribution >= 0.6 is 15.9 Å². The number of aryl methyl sites for hydroxylation is 1. The molecule has 0 saturated heterocycles. The minimum Gasteiger partial charge on any atom is -0.306 e. The van der Waals surface area contributed by atoms with Crippen LogP contribution in [0.2, 0.25) is 0 Å². The van der Waals surface area contributed by atoms with Crippen molar-refractivity contribution in [3.8, 4) is 0 Å². The summed E-state index contributed by atoms with van der Waals surface area (Å²) >= 11 is 3.52. The van der Waals surface area contributed by atoms with Crippen molar-refractivity contribution in [1.82, 2.24) is 15.1 Å². The van der Waals surface area contributed by atoms with Crippen LogP contribution in [0.5, 0.6) is 0 Å². The number of benzene rings is 1. The predicted molar refractivity (Wildman–Crippen MR) is 86.8 cm³/mol. The first-order valence-electron chi connectivity index (χ1n) is 7.36. The lowest BCUT2D eigenvalue weighted by Crippen LogP contribution is -2.23. The van der Waals surface area contributed by atoms with Crippen LogP contribution in [0.25, 0.3) is 0 Å². The summed E-state index contributed by atoms with van der Waals surface area (Å²) in [7, 11) is 0. The second-order valence-corrected chi connectivity index (χ2v) is 5.94. The van der Waals surface area contributed by atoms with Crippen molar-refractivity contribution in [2.75, 3.05) is 6.54 Å². The molecule has 0 aliphatic carbocycles. The van der Waals surface area contributed by atoms with Crippen molar-refractivity contribution in [3.63, 3.8) is 0 Å². The lowest BCUT2D eigenvalue weighted by Gasteiger charge is -2.19. The Morgan fingerprint density at radius 1 is 1.33 bits per heavy atom. The Labute approximate surface area is 133 Å². The molecule has 1 atom stereocenters. The fourth-order valence-corrected chi connectivity index (χ4v) is 2.79. The molecule has 0 bridgehead atoms. The van der Waals surface area contributed by atoms with Crippen LogP contribution in [-0.2, 0) is 6.54 Å². The molecule has 0 aliphatic heterocycles. The van der Waals surface area contributed by atoms with E-state index >= 15 is 0 Å². The van der Waals surface area contributed by atoms with E-state index in [1.807, 2.05) is 17.1 Å². The van der Waals surface area contributed by atoms with Gasteiger partial charge in [0.05, 0.1) is 12.2 Å². The maximum atomic E-state index is 13.6. The average molecular weight is 354 g/mol. The third kappa shape index (κ3) is 4.14. The van der Waals surface area contributed by atoms with Gasteiger partial charge in [-0.3, -0.25) is 4.68 Å². The highest BCUT2D eigenvalue weighted by atomic mass is 79.9. The molecule has 1 heterocycles. The smallest absolute Gasteiger partial charge is 0.123 e. The lowest BCUT2D eigenvalue weighted by molar-refractivity contribution is 0.579. The molecule has 0 radical (unpaired) electrons. The SMILES string of the molecule is CCCNC(c1cnn(CCC)c1)c1cc(F)ccc1Br. The Bertz CT molecular complexity index is 583. The summed E-state index contributed by atoms with van der Waals surface area (Å²) in [4.78, 5) is 0. The van der Waals surface area contributed by atoms with Crippen LogP contribution in [0.15, 0.2) is 35.1 Å². The van der Waals surface area contributed by atoms with Gasteiger partial charge in [-0.2, -0.15) is 5.10 Å². The third-order valence-electron chi connectivity index (χ3n) is 3.31. The van der Waals surface area contributed by atoms with E-state index in [0.29, 0.717) is 0 Å². The molecular formula is C16H21BrFN3. The van der Waals surface area contributed by atoms with Gasteiger partial charge in [0, 0.05) is 22.8 Å². The van der Waals surface area contributed by atoms with Gasteiger partial charge in [0.1, 0.15) is 5.82 Å². The van der Waals surface area contributed by atoms with Crippen LogP contribution in [-0.4, -0.2) is 16.3 Å². The molecular weight excluding hydrogens is 333 g/mol. The molecule has 0 spiro atoms. The van der Waals surface area contributed by atoms with Gasteiger partial charge in [0.2, 0.25) is 0 Å². The molecule has 0 aliphatic rings. The largest absolute Gasteiger partial charge is 0.306 e. The second kappa shape index (κ2) is 7.71. The van der Waals surface area contributed by atoms with Gasteiger partial charge in [-0.1, -0.05) is 29.8 Å². The van der Waals surface area contributed by atoms with Gasteiger partial charge in [0.15, 0.2) is 0 Å². The fraction of sp³-hybridized carbons (Fsp3) is 0.438. The number of halogens is 2. The highest BCUT2D eigenvalue weighted by Gasteiger charge is 2.18. The van der Waals surface area contributed by atoms with E-state index in [0.717, 1.165) is 41.5 Å². The third-order valence-corrected chi connectivity index (χ3v) is 4.03. The molecule has 1 aromatic heterocycles. The maximum absolute atomic E-state index is 13.6. The minimum absolute atomic E-state index is 0.0550. The summed E-state index contributed by atoms with van der Waals surface area (Å²) in [6.45, 7) is 6.00. The molecule has 2 aromatic rings. The van der Waals surface area contributed by atoms with Gasteiger partial charge in [0.25, 0.3) is 0 Å². The standard InChI is InChI=1S/C16H21BrFN3/c1-3-7-19-16(12-10-20-21(11-12)8-4-2)14-9-13(18)5-6-15(14)17/h5-6,9-11,16,19H,3-4,7-8H2,1-2H3. The summed E-state index contributed by atoms with van der Waals surface area (Å²) in [5.41, 5.74) is 1.96. The molecule has 3 nitrogen and oxygen atoms in total. The van der Waals surface area contributed by atoms with Gasteiger partial charge >= 0.3 is 0 Å². The molecule has 1 N–H and O–H groups in total. The maximum Gasteiger partial charge on any atom is 0.123 e. The topological polar surface area (TPSA) is 29.9 Å². The molecule has 1 aromatic carbocycles. The van der Waals surface area contributed by atoms with Gasteiger partial charge < -0.3 is 5.32 Å². The number of hydrogen-bond acceptors (Lipinski definition) is 2. The van der Waals surface area contributed by atoms with Gasteiger partial charge in [-0.05, 0) is 43.1 Å². The molecule has 1 unspecified atom stereocenters. The van der Waals surface area contributed by atoms with Crippen molar-refractivity contribution in [2.45, 2.75) is 39.3 Å². The quantitative estimate of drug-likeness (QED) is 0.804. The van der Waals surface area contributed by atoms with Gasteiger partial charge in [-0.15, -0.1) is 0 Å². The summed E-state index contributed by atoms with van der Waals surface area (Å²) < 4.78 is 16.4. The molecule has 5 heteroatoms. The average Bonchev–Trinajstić information content (AvgIpc) is 2.92. The molecule has 0 saturated carbocycles. The van der Waals surface area contributed by atoms with E-state index in [4.69, 9.17) is 0 Å². The first kappa shape index (κ1) is 16.2. The van der Waals surface area contributed by atoms with Crippen molar-refractivity contribution < 1.29 is 4.39 Å². The van der Waals surface area contributed by atoms with Crippen molar-refractivity contribution in [2.24, 2.45) is 0 Å². The van der Waals surface area contributed by atoms with E-state index < -0.39 is 0 Å². The van der Waals surface area contributed by atoms with Crippen molar-refractivity contribution >= 4 is 15.9 Å². The number of rotatable bonds is 7. The Hall–Kier alpha value is -1.20. The monoisotopic (exact) mass is 353 g/mol. The van der Waals surface area contributed by atoms with E-state index in [-0.39, 0.29) is 11.9 Å². The summed E-state index contributed by atoms with van der Waals surface area (Å²) in [5.74, 6) is -0.225. The number of nitrogens with one attached hydrogen (secondary N) is 1. The van der Waals surface area contributed by atoms with Crippen molar-refractivity contribution in [3.05, 3.63) is 52.0 Å². The predicted octanol–water partition coefficient (Wildman–Crippen LogP) is 4.28. The van der Waals surface area contributed by atoms with E-state index in [1.165, 1.54) is 6.07 Å². The molecule has 21 heavy (non-hydrogen) atoms. The highest BCUT2D eigenvalue weighted by Crippen LogP contribution is 2.29. The molecule has 0 amide bonds. The first-order chi connectivity index (χ1) is 10.2. The fourth-order valence-electron chi connectivity index (χ4n) is 2.31. The second-order valence-electron chi connectivity index (χ2n) is 5.09. The zero-order chi connectivity index (χ0) is 15.2. The van der Waals surface area contributed by atoms with Crippen LogP contribution in [0, 0.1) is 5.82 Å². The normalized spacial score (nSPS) is 12.6. The summed E-state index contributed by atoms with van der Waals surface area (Å²) in [6, 6.07) is 4.74. The molecule has 2 rings (SSSR count). The van der Waals surface area contributed by atoms with E-state index in [2.05, 4.69) is 40.2 Å². The first-order valence-corrected chi connectivity index (χ1v) is 8.15. The van der Waals surface area contributed by atoms with Crippen LogP contribution in [0.1, 0.15) is 43.9 Å².